The first-order valence-corrected chi connectivity index (χ1v) is 10.8. The van der Waals surface area contributed by atoms with Gasteiger partial charge in [0.15, 0.2) is 11.2 Å². The van der Waals surface area contributed by atoms with E-state index in [4.69, 9.17) is 14.5 Å². The molecule has 3 aromatic heterocycles. The second kappa shape index (κ2) is 7.79. The van der Waals surface area contributed by atoms with E-state index in [9.17, 15) is 4.79 Å². The number of carbonyl (C=O) groups is 1. The van der Waals surface area contributed by atoms with E-state index in [0.717, 1.165) is 48.4 Å². The zero-order valence-electron chi connectivity index (χ0n) is 18.0. The maximum Gasteiger partial charge on any atom is 0.245 e. The van der Waals surface area contributed by atoms with Crippen molar-refractivity contribution in [3.8, 4) is 23.1 Å². The predicted octanol–water partition coefficient (Wildman–Crippen LogP) is 2.61. The minimum atomic E-state index is -0.0825. The molecule has 1 amide bonds. The van der Waals surface area contributed by atoms with Crippen molar-refractivity contribution in [2.75, 3.05) is 20.2 Å². The summed E-state index contributed by atoms with van der Waals surface area (Å²) in [6, 6.07) is 2.01. The molecule has 9 nitrogen and oxygen atoms in total. The van der Waals surface area contributed by atoms with E-state index in [0.29, 0.717) is 30.4 Å². The number of likely N-dealkylation sites (tertiary alicyclic amines) is 1. The van der Waals surface area contributed by atoms with Gasteiger partial charge in [-0.25, -0.2) is 15.0 Å². The molecule has 0 N–H and O–H groups in total. The van der Waals surface area contributed by atoms with Gasteiger partial charge in [0.05, 0.1) is 13.7 Å². The van der Waals surface area contributed by atoms with Crippen LogP contribution in [0.3, 0.4) is 0 Å². The molecule has 5 rings (SSSR count). The van der Waals surface area contributed by atoms with Crippen LogP contribution in [0.1, 0.15) is 31.7 Å². The lowest BCUT2D eigenvalue weighted by Gasteiger charge is -2.16. The quantitative estimate of drug-likeness (QED) is 0.602. The van der Waals surface area contributed by atoms with Gasteiger partial charge in [-0.05, 0) is 32.8 Å². The molecule has 4 heterocycles. The summed E-state index contributed by atoms with van der Waals surface area (Å²) in [5.74, 6) is 2.31. The van der Waals surface area contributed by atoms with E-state index >= 15 is 0 Å². The Bertz CT molecular complexity index is 1140. The number of aromatic nitrogens is 5. The van der Waals surface area contributed by atoms with Gasteiger partial charge in [0.25, 0.3) is 0 Å². The maximum atomic E-state index is 12.3. The Morgan fingerprint density at radius 1 is 1.19 bits per heavy atom. The van der Waals surface area contributed by atoms with Gasteiger partial charge in [-0.2, -0.15) is 4.98 Å². The van der Waals surface area contributed by atoms with Crippen LogP contribution in [0.4, 0.5) is 0 Å². The zero-order chi connectivity index (χ0) is 21.5. The van der Waals surface area contributed by atoms with E-state index in [2.05, 4.69) is 21.9 Å². The first-order valence-electron chi connectivity index (χ1n) is 10.8. The number of ether oxygens (including phenoxy) is 2. The highest BCUT2D eigenvalue weighted by Crippen LogP contribution is 2.33. The van der Waals surface area contributed by atoms with Crippen molar-refractivity contribution in [3.05, 3.63) is 24.2 Å². The molecule has 162 valence electrons. The summed E-state index contributed by atoms with van der Waals surface area (Å²) in [4.78, 5) is 32.3. The van der Waals surface area contributed by atoms with Crippen LogP contribution < -0.4 is 9.47 Å². The Morgan fingerprint density at radius 3 is 2.74 bits per heavy atom. The number of hydrogen-bond acceptors (Lipinski definition) is 7. The number of amides is 1. The van der Waals surface area contributed by atoms with Crippen LogP contribution in [0.2, 0.25) is 0 Å². The van der Waals surface area contributed by atoms with Gasteiger partial charge in [0, 0.05) is 42.8 Å². The van der Waals surface area contributed by atoms with Gasteiger partial charge in [0.1, 0.15) is 18.3 Å². The van der Waals surface area contributed by atoms with Crippen molar-refractivity contribution in [1.82, 2.24) is 29.4 Å². The van der Waals surface area contributed by atoms with E-state index in [1.54, 1.807) is 13.3 Å². The SMILES string of the molecule is CCn1c(-c2cnc(OC)c(C)c2)nc2c(OC3CCN(C(=O)C4CC4)C3)ncnc21. The van der Waals surface area contributed by atoms with Crippen LogP contribution in [-0.4, -0.2) is 61.6 Å². The maximum absolute atomic E-state index is 12.3. The molecule has 0 aromatic carbocycles. The number of imidazole rings is 1. The van der Waals surface area contributed by atoms with Gasteiger partial charge in [-0.1, -0.05) is 0 Å². The molecule has 1 aliphatic heterocycles. The molecule has 1 saturated heterocycles. The molecule has 1 atom stereocenters. The molecule has 0 radical (unpaired) electrons. The van der Waals surface area contributed by atoms with Gasteiger partial charge >= 0.3 is 0 Å². The number of aryl methyl sites for hydroxylation is 2. The summed E-state index contributed by atoms with van der Waals surface area (Å²) in [6.07, 6.45) is 6.02. The van der Waals surface area contributed by atoms with Crippen molar-refractivity contribution in [2.45, 2.75) is 45.8 Å². The van der Waals surface area contributed by atoms with Crippen LogP contribution in [0, 0.1) is 12.8 Å². The van der Waals surface area contributed by atoms with Crippen molar-refractivity contribution >= 4 is 17.1 Å². The highest BCUT2D eigenvalue weighted by Gasteiger charge is 2.37. The normalized spacial score (nSPS) is 18.5. The summed E-state index contributed by atoms with van der Waals surface area (Å²) in [5, 5.41) is 0. The lowest BCUT2D eigenvalue weighted by molar-refractivity contribution is -0.131. The Kier molecular flexibility index (Phi) is 4.95. The van der Waals surface area contributed by atoms with E-state index in [1.165, 1.54) is 6.33 Å². The highest BCUT2D eigenvalue weighted by molar-refractivity contribution is 5.82. The minimum absolute atomic E-state index is 0.0825. The second-order valence-electron chi connectivity index (χ2n) is 8.17. The predicted molar refractivity (Wildman–Crippen MR) is 114 cm³/mol. The van der Waals surface area contributed by atoms with Gasteiger partial charge < -0.3 is 18.9 Å². The molecule has 3 aromatic rings. The van der Waals surface area contributed by atoms with Gasteiger partial charge in [0.2, 0.25) is 17.7 Å². The lowest BCUT2D eigenvalue weighted by Crippen LogP contribution is -2.32. The van der Waals surface area contributed by atoms with Gasteiger partial charge in [-0.3, -0.25) is 4.79 Å². The van der Waals surface area contributed by atoms with E-state index < -0.39 is 0 Å². The van der Waals surface area contributed by atoms with Crippen molar-refractivity contribution in [3.63, 3.8) is 0 Å². The fourth-order valence-corrected chi connectivity index (χ4v) is 4.19. The fraction of sp³-hybridized carbons (Fsp3) is 0.500. The number of methoxy groups -OCH3 is 1. The van der Waals surface area contributed by atoms with E-state index in [-0.39, 0.29) is 17.9 Å². The third-order valence-electron chi connectivity index (χ3n) is 5.96. The molecule has 0 spiro atoms. The summed E-state index contributed by atoms with van der Waals surface area (Å²) in [5.41, 5.74) is 3.16. The topological polar surface area (TPSA) is 95.3 Å². The highest BCUT2D eigenvalue weighted by atomic mass is 16.5. The number of nitrogens with zero attached hydrogens (tertiary/aromatic N) is 6. The molecule has 31 heavy (non-hydrogen) atoms. The van der Waals surface area contributed by atoms with E-state index in [1.807, 2.05) is 22.5 Å². The second-order valence-corrected chi connectivity index (χ2v) is 8.17. The smallest absolute Gasteiger partial charge is 0.245 e. The number of rotatable bonds is 6. The largest absolute Gasteiger partial charge is 0.481 e. The molecule has 2 fully saturated rings. The molecular weight excluding hydrogens is 396 g/mol. The van der Waals surface area contributed by atoms with Crippen LogP contribution in [0.5, 0.6) is 11.8 Å². The summed E-state index contributed by atoms with van der Waals surface area (Å²) in [6.45, 7) is 6.04. The van der Waals surface area contributed by atoms with Crippen molar-refractivity contribution in [2.24, 2.45) is 5.92 Å². The van der Waals surface area contributed by atoms with Crippen LogP contribution >= 0.6 is 0 Å². The van der Waals surface area contributed by atoms with Crippen LogP contribution in [0.15, 0.2) is 18.6 Å². The standard InChI is InChI=1S/C22H26N6O3/c1-4-28-18(15-9-13(2)20(30-3)23-10-15)26-17-19(28)24-12-25-21(17)31-16-7-8-27(11-16)22(29)14-5-6-14/h9-10,12,14,16H,4-8,11H2,1-3H3. The Balaban J connectivity index is 1.45. The summed E-state index contributed by atoms with van der Waals surface area (Å²) in [7, 11) is 1.61. The zero-order valence-corrected chi connectivity index (χ0v) is 18.0. The third-order valence-corrected chi connectivity index (χ3v) is 5.96. The van der Waals surface area contributed by atoms with Gasteiger partial charge in [-0.15, -0.1) is 0 Å². The monoisotopic (exact) mass is 422 g/mol. The minimum Gasteiger partial charge on any atom is -0.481 e. The Morgan fingerprint density at radius 2 is 2.03 bits per heavy atom. The number of carbonyl (C=O) groups excluding carboxylic acids is 1. The molecule has 1 unspecified atom stereocenters. The molecular formula is C22H26N6O3. The molecule has 9 heteroatoms. The fourth-order valence-electron chi connectivity index (χ4n) is 4.19. The summed E-state index contributed by atoms with van der Waals surface area (Å²) < 4.78 is 13.5. The molecule has 2 aliphatic rings. The molecule has 1 saturated carbocycles. The Labute approximate surface area is 180 Å². The van der Waals surface area contributed by atoms with Crippen molar-refractivity contribution < 1.29 is 14.3 Å². The van der Waals surface area contributed by atoms with Crippen LogP contribution in [0.25, 0.3) is 22.6 Å². The molecule has 1 aliphatic carbocycles. The number of fused-ring (bicyclic) bond motifs is 1. The van der Waals surface area contributed by atoms with Crippen molar-refractivity contribution in [1.29, 1.82) is 0 Å². The lowest BCUT2D eigenvalue weighted by atomic mass is 10.2. The summed E-state index contributed by atoms with van der Waals surface area (Å²) >= 11 is 0. The first kappa shape index (κ1) is 19.7. The van der Waals surface area contributed by atoms with Crippen LogP contribution in [-0.2, 0) is 11.3 Å². The first-order chi connectivity index (χ1) is 15.1. The number of pyridine rings is 1. The average molecular weight is 422 g/mol. The number of hydrogen-bond donors (Lipinski definition) is 0. The average Bonchev–Trinajstić information content (AvgIpc) is 3.40. The molecule has 0 bridgehead atoms. The third kappa shape index (κ3) is 3.58. The Hall–Kier alpha value is -3.23.